The summed E-state index contributed by atoms with van der Waals surface area (Å²) in [6.45, 7) is 2.68. The van der Waals surface area contributed by atoms with Gasteiger partial charge in [0, 0.05) is 6.61 Å². The van der Waals surface area contributed by atoms with Gasteiger partial charge in [-0.15, -0.1) is 0 Å². The molecule has 2 saturated carbocycles. The molecule has 3 unspecified atom stereocenters. The quantitative estimate of drug-likeness (QED) is 0.902. The highest BCUT2D eigenvalue weighted by molar-refractivity contribution is 5.03. The third-order valence-corrected chi connectivity index (χ3v) is 4.93. The summed E-state index contributed by atoms with van der Waals surface area (Å²) in [7, 11) is 0. The summed E-state index contributed by atoms with van der Waals surface area (Å²) in [5, 5.41) is 14.2. The number of hydrogen-bond donors (Lipinski definition) is 1. The van der Waals surface area contributed by atoms with Crippen molar-refractivity contribution >= 4 is 0 Å². The molecule has 2 aliphatic carbocycles. The van der Waals surface area contributed by atoms with E-state index in [4.69, 9.17) is 9.26 Å². The van der Waals surface area contributed by atoms with Gasteiger partial charge in [-0.05, 0) is 44.9 Å². The lowest BCUT2D eigenvalue weighted by Gasteiger charge is -2.27. The van der Waals surface area contributed by atoms with Gasteiger partial charge in [0.2, 0.25) is 11.7 Å². The third kappa shape index (κ3) is 3.29. The number of rotatable bonds is 5. The van der Waals surface area contributed by atoms with Crippen molar-refractivity contribution in [2.24, 2.45) is 5.92 Å². The summed E-state index contributed by atoms with van der Waals surface area (Å²) < 4.78 is 11.4. The van der Waals surface area contributed by atoms with Gasteiger partial charge in [0.1, 0.15) is 6.10 Å². The van der Waals surface area contributed by atoms with Crippen LogP contribution < -0.4 is 0 Å². The lowest BCUT2D eigenvalue weighted by Crippen LogP contribution is -2.20. The Morgan fingerprint density at radius 3 is 2.67 bits per heavy atom. The summed E-state index contributed by atoms with van der Waals surface area (Å²) in [4.78, 5) is 4.57. The Balaban J connectivity index is 1.74. The van der Waals surface area contributed by atoms with Crippen molar-refractivity contribution in [2.75, 3.05) is 6.61 Å². The lowest BCUT2D eigenvalue weighted by atomic mass is 9.85. The zero-order chi connectivity index (χ0) is 14.7. The van der Waals surface area contributed by atoms with E-state index in [1.165, 1.54) is 32.1 Å². The van der Waals surface area contributed by atoms with Gasteiger partial charge in [-0.2, -0.15) is 4.98 Å². The molecule has 5 nitrogen and oxygen atoms in total. The minimum Gasteiger partial charge on any atom is -0.392 e. The molecule has 0 amide bonds. The van der Waals surface area contributed by atoms with Gasteiger partial charge in [-0.3, -0.25) is 0 Å². The molecule has 1 N–H and O–H groups in total. The largest absolute Gasteiger partial charge is 0.392 e. The third-order valence-electron chi connectivity index (χ3n) is 4.93. The molecule has 0 radical (unpaired) electrons. The Kier molecular flexibility index (Phi) is 4.91. The average Bonchev–Trinajstić information content (AvgIpc) is 3.14. The van der Waals surface area contributed by atoms with Crippen molar-refractivity contribution in [1.82, 2.24) is 10.1 Å². The lowest BCUT2D eigenvalue weighted by molar-refractivity contribution is -0.00145. The Morgan fingerprint density at radius 1 is 1.19 bits per heavy atom. The van der Waals surface area contributed by atoms with Crippen molar-refractivity contribution in [3.63, 3.8) is 0 Å². The highest BCUT2D eigenvalue weighted by atomic mass is 16.5. The minimum absolute atomic E-state index is 0.0138. The summed E-state index contributed by atoms with van der Waals surface area (Å²) >= 11 is 0. The van der Waals surface area contributed by atoms with Crippen molar-refractivity contribution < 1.29 is 14.4 Å². The van der Waals surface area contributed by atoms with Crippen LogP contribution in [0.15, 0.2) is 4.52 Å². The molecule has 3 rings (SSSR count). The van der Waals surface area contributed by atoms with Crippen molar-refractivity contribution in [3.8, 4) is 0 Å². The highest BCUT2D eigenvalue weighted by Gasteiger charge is 2.34. The van der Waals surface area contributed by atoms with Crippen LogP contribution in [0.5, 0.6) is 0 Å². The maximum Gasteiger partial charge on any atom is 0.232 e. The van der Waals surface area contributed by atoms with Crippen LogP contribution in [0.2, 0.25) is 0 Å². The van der Waals surface area contributed by atoms with E-state index in [0.717, 1.165) is 19.3 Å². The zero-order valence-corrected chi connectivity index (χ0v) is 12.8. The molecule has 0 saturated heterocycles. The zero-order valence-electron chi connectivity index (χ0n) is 12.8. The van der Waals surface area contributed by atoms with Crippen LogP contribution in [-0.4, -0.2) is 28.0 Å². The van der Waals surface area contributed by atoms with Crippen LogP contribution in [0.1, 0.15) is 82.0 Å². The molecule has 3 atom stereocenters. The van der Waals surface area contributed by atoms with Gasteiger partial charge in [0.05, 0.1) is 12.0 Å². The molecule has 0 spiro atoms. The molecule has 2 fully saturated rings. The molecule has 5 heteroatoms. The number of aromatic nitrogens is 2. The van der Waals surface area contributed by atoms with Crippen LogP contribution >= 0.6 is 0 Å². The number of aliphatic hydroxyl groups excluding tert-OH is 1. The van der Waals surface area contributed by atoms with E-state index in [9.17, 15) is 5.11 Å². The predicted molar refractivity (Wildman–Crippen MR) is 77.8 cm³/mol. The fraction of sp³-hybridized carbons (Fsp3) is 0.875. The van der Waals surface area contributed by atoms with E-state index < -0.39 is 0 Å². The van der Waals surface area contributed by atoms with Crippen LogP contribution in [-0.2, 0) is 4.74 Å². The summed E-state index contributed by atoms with van der Waals surface area (Å²) in [5.41, 5.74) is 0. The van der Waals surface area contributed by atoms with Crippen LogP contribution in [0.25, 0.3) is 0 Å². The molecule has 2 aliphatic rings. The van der Waals surface area contributed by atoms with Crippen LogP contribution in [0.4, 0.5) is 0 Å². The highest BCUT2D eigenvalue weighted by Crippen LogP contribution is 2.38. The molecule has 0 bridgehead atoms. The SMILES string of the molecule is CCOC(c1noc(C2CCCC2O)n1)C1CCCCC1. The topological polar surface area (TPSA) is 68.4 Å². The Labute approximate surface area is 126 Å². The van der Waals surface area contributed by atoms with E-state index in [1.54, 1.807) is 0 Å². The molecule has 21 heavy (non-hydrogen) atoms. The molecule has 1 aromatic heterocycles. The van der Waals surface area contributed by atoms with Gasteiger partial charge >= 0.3 is 0 Å². The minimum atomic E-state index is -0.335. The summed E-state index contributed by atoms with van der Waals surface area (Å²) in [6, 6.07) is 0. The number of nitrogens with zero attached hydrogens (tertiary/aromatic N) is 2. The smallest absolute Gasteiger partial charge is 0.232 e. The van der Waals surface area contributed by atoms with E-state index >= 15 is 0 Å². The molecular weight excluding hydrogens is 268 g/mol. The number of aliphatic hydroxyl groups is 1. The van der Waals surface area contributed by atoms with Gasteiger partial charge in [0.25, 0.3) is 0 Å². The molecule has 0 aliphatic heterocycles. The molecule has 1 heterocycles. The maximum absolute atomic E-state index is 9.98. The van der Waals surface area contributed by atoms with Crippen molar-refractivity contribution in [1.29, 1.82) is 0 Å². The average molecular weight is 294 g/mol. The monoisotopic (exact) mass is 294 g/mol. The Hall–Kier alpha value is -0.940. The normalized spacial score (nSPS) is 28.9. The predicted octanol–water partition coefficient (Wildman–Crippen LogP) is 3.36. The first-order valence-corrected chi connectivity index (χ1v) is 8.42. The first kappa shape index (κ1) is 15.0. The first-order valence-electron chi connectivity index (χ1n) is 8.42. The number of hydrogen-bond acceptors (Lipinski definition) is 5. The first-order chi connectivity index (χ1) is 10.3. The van der Waals surface area contributed by atoms with Crippen molar-refractivity contribution in [2.45, 2.75) is 76.4 Å². The van der Waals surface area contributed by atoms with Gasteiger partial charge in [0.15, 0.2) is 0 Å². The second-order valence-electron chi connectivity index (χ2n) is 6.37. The molecule has 0 aromatic carbocycles. The molecule has 1 aromatic rings. The number of ether oxygens (including phenoxy) is 1. The molecular formula is C16H26N2O3. The Bertz CT molecular complexity index is 442. The van der Waals surface area contributed by atoms with Gasteiger partial charge in [-0.25, -0.2) is 0 Å². The van der Waals surface area contributed by atoms with Gasteiger partial charge < -0.3 is 14.4 Å². The van der Waals surface area contributed by atoms with E-state index in [0.29, 0.717) is 24.2 Å². The van der Waals surface area contributed by atoms with Crippen molar-refractivity contribution in [3.05, 3.63) is 11.7 Å². The maximum atomic E-state index is 9.98. The summed E-state index contributed by atoms with van der Waals surface area (Å²) in [5.74, 6) is 1.78. The standard InChI is InChI=1S/C16H26N2O3/c1-2-20-14(11-7-4-3-5-8-11)15-17-16(21-18-15)12-9-6-10-13(12)19/h11-14,19H,2-10H2,1H3. The fourth-order valence-corrected chi connectivity index (χ4v) is 3.78. The summed E-state index contributed by atoms with van der Waals surface area (Å²) in [6.07, 6.45) is 8.62. The van der Waals surface area contributed by atoms with Crippen LogP contribution in [0, 0.1) is 5.92 Å². The second-order valence-corrected chi connectivity index (χ2v) is 6.37. The van der Waals surface area contributed by atoms with E-state index in [1.807, 2.05) is 6.92 Å². The molecule has 118 valence electrons. The van der Waals surface area contributed by atoms with Gasteiger partial charge in [-0.1, -0.05) is 24.4 Å². The Morgan fingerprint density at radius 2 is 2.00 bits per heavy atom. The van der Waals surface area contributed by atoms with E-state index in [-0.39, 0.29) is 18.1 Å². The van der Waals surface area contributed by atoms with E-state index in [2.05, 4.69) is 10.1 Å². The van der Waals surface area contributed by atoms with Crippen LogP contribution in [0.3, 0.4) is 0 Å². The fourth-order valence-electron chi connectivity index (χ4n) is 3.78. The second kappa shape index (κ2) is 6.88.